The standard InChI is InChI=1S/C12H18N4/c1-10(13)12-4-6-16(9-12)5-3-11-7-14-15(2)8-11/h4,6-10H,3,5,13H2,1-2H3. The van der Waals surface area contributed by atoms with Gasteiger partial charge in [0, 0.05) is 38.2 Å². The van der Waals surface area contributed by atoms with Gasteiger partial charge in [0.1, 0.15) is 0 Å². The first-order valence-corrected chi connectivity index (χ1v) is 5.54. The van der Waals surface area contributed by atoms with Gasteiger partial charge in [0.2, 0.25) is 0 Å². The quantitative estimate of drug-likeness (QED) is 0.845. The van der Waals surface area contributed by atoms with E-state index in [1.165, 1.54) is 11.1 Å². The fraction of sp³-hybridized carbons (Fsp3) is 0.417. The molecule has 1 unspecified atom stereocenters. The summed E-state index contributed by atoms with van der Waals surface area (Å²) in [7, 11) is 1.94. The van der Waals surface area contributed by atoms with Gasteiger partial charge >= 0.3 is 0 Å². The number of rotatable bonds is 4. The van der Waals surface area contributed by atoms with Crippen molar-refractivity contribution in [2.45, 2.75) is 25.9 Å². The lowest BCUT2D eigenvalue weighted by Crippen LogP contribution is -2.04. The lowest BCUT2D eigenvalue weighted by Gasteiger charge is -2.02. The van der Waals surface area contributed by atoms with Crippen LogP contribution >= 0.6 is 0 Å². The Morgan fingerprint density at radius 2 is 2.25 bits per heavy atom. The summed E-state index contributed by atoms with van der Waals surface area (Å²) < 4.78 is 4.00. The van der Waals surface area contributed by atoms with Crippen LogP contribution in [0.25, 0.3) is 0 Å². The molecular weight excluding hydrogens is 200 g/mol. The Bertz CT molecular complexity index is 453. The van der Waals surface area contributed by atoms with Crippen molar-refractivity contribution >= 4 is 0 Å². The molecule has 0 aliphatic carbocycles. The summed E-state index contributed by atoms with van der Waals surface area (Å²) in [5, 5.41) is 4.15. The van der Waals surface area contributed by atoms with Crippen molar-refractivity contribution in [1.29, 1.82) is 0 Å². The SMILES string of the molecule is CC(N)c1ccn(CCc2cnn(C)c2)c1. The first-order chi connectivity index (χ1) is 7.65. The summed E-state index contributed by atoms with van der Waals surface area (Å²) in [6, 6.07) is 2.19. The largest absolute Gasteiger partial charge is 0.354 e. The van der Waals surface area contributed by atoms with Gasteiger partial charge in [0.15, 0.2) is 0 Å². The smallest absolute Gasteiger partial charge is 0.0522 e. The third kappa shape index (κ3) is 2.52. The predicted octanol–water partition coefficient (Wildman–Crippen LogP) is 1.48. The fourth-order valence-electron chi connectivity index (χ4n) is 1.73. The first kappa shape index (κ1) is 11.0. The maximum absolute atomic E-state index is 5.81. The van der Waals surface area contributed by atoms with Gasteiger partial charge in [-0.2, -0.15) is 5.10 Å². The Morgan fingerprint density at radius 1 is 1.44 bits per heavy atom. The van der Waals surface area contributed by atoms with Crippen LogP contribution in [0.3, 0.4) is 0 Å². The van der Waals surface area contributed by atoms with Crippen molar-refractivity contribution < 1.29 is 0 Å². The minimum Gasteiger partial charge on any atom is -0.354 e. The molecule has 2 N–H and O–H groups in total. The van der Waals surface area contributed by atoms with Crippen molar-refractivity contribution in [2.75, 3.05) is 0 Å². The second-order valence-corrected chi connectivity index (χ2v) is 4.24. The van der Waals surface area contributed by atoms with Gasteiger partial charge in [-0.1, -0.05) is 0 Å². The summed E-state index contributed by atoms with van der Waals surface area (Å²) >= 11 is 0. The lowest BCUT2D eigenvalue weighted by atomic mass is 10.2. The van der Waals surface area contributed by atoms with Gasteiger partial charge < -0.3 is 10.3 Å². The van der Waals surface area contributed by atoms with Crippen molar-refractivity contribution in [1.82, 2.24) is 14.3 Å². The highest BCUT2D eigenvalue weighted by molar-refractivity contribution is 5.14. The zero-order chi connectivity index (χ0) is 11.5. The van der Waals surface area contributed by atoms with Crippen LogP contribution in [0.2, 0.25) is 0 Å². The van der Waals surface area contributed by atoms with Crippen LogP contribution in [0.5, 0.6) is 0 Å². The average molecular weight is 218 g/mol. The molecule has 0 saturated heterocycles. The number of nitrogens with zero attached hydrogens (tertiary/aromatic N) is 3. The van der Waals surface area contributed by atoms with Crippen LogP contribution in [-0.4, -0.2) is 14.3 Å². The molecule has 0 saturated carbocycles. The first-order valence-electron chi connectivity index (χ1n) is 5.54. The van der Waals surface area contributed by atoms with E-state index in [4.69, 9.17) is 5.73 Å². The van der Waals surface area contributed by atoms with E-state index < -0.39 is 0 Å². The molecule has 0 amide bonds. The molecular formula is C12H18N4. The number of hydrogen-bond acceptors (Lipinski definition) is 2. The molecule has 0 spiro atoms. The molecule has 4 heteroatoms. The molecule has 86 valence electrons. The normalized spacial score (nSPS) is 12.9. The van der Waals surface area contributed by atoms with Gasteiger partial charge in [0.05, 0.1) is 6.20 Å². The Balaban J connectivity index is 1.94. The molecule has 0 aromatic carbocycles. The molecule has 2 heterocycles. The van der Waals surface area contributed by atoms with Crippen LogP contribution in [0.1, 0.15) is 24.1 Å². The van der Waals surface area contributed by atoms with Crippen molar-refractivity contribution in [3.8, 4) is 0 Å². The third-order valence-electron chi connectivity index (χ3n) is 2.72. The minimum atomic E-state index is 0.111. The van der Waals surface area contributed by atoms with E-state index in [2.05, 4.69) is 34.3 Å². The van der Waals surface area contributed by atoms with Crippen LogP contribution in [0, 0.1) is 0 Å². The Morgan fingerprint density at radius 3 is 2.81 bits per heavy atom. The molecule has 0 aliphatic heterocycles. The highest BCUT2D eigenvalue weighted by atomic mass is 15.2. The Labute approximate surface area is 95.7 Å². The van der Waals surface area contributed by atoms with Crippen LogP contribution in [0.15, 0.2) is 30.9 Å². The molecule has 4 nitrogen and oxygen atoms in total. The summed E-state index contributed by atoms with van der Waals surface area (Å²) in [6.45, 7) is 2.97. The van der Waals surface area contributed by atoms with Crippen molar-refractivity contribution in [3.05, 3.63) is 42.0 Å². The number of nitrogens with two attached hydrogens (primary N) is 1. The van der Waals surface area contributed by atoms with Gasteiger partial charge in [-0.15, -0.1) is 0 Å². The van der Waals surface area contributed by atoms with Crippen LogP contribution in [-0.2, 0) is 20.0 Å². The van der Waals surface area contributed by atoms with E-state index in [1.807, 2.05) is 24.9 Å². The van der Waals surface area contributed by atoms with E-state index in [-0.39, 0.29) is 6.04 Å². The highest BCUT2D eigenvalue weighted by Crippen LogP contribution is 2.10. The zero-order valence-electron chi connectivity index (χ0n) is 9.80. The highest BCUT2D eigenvalue weighted by Gasteiger charge is 2.02. The lowest BCUT2D eigenvalue weighted by molar-refractivity contribution is 0.693. The molecule has 0 fully saturated rings. The van der Waals surface area contributed by atoms with E-state index in [0.717, 1.165) is 13.0 Å². The summed E-state index contributed by atoms with van der Waals surface area (Å²) in [5.74, 6) is 0. The monoisotopic (exact) mass is 218 g/mol. The molecule has 2 rings (SSSR count). The van der Waals surface area contributed by atoms with Gasteiger partial charge in [-0.3, -0.25) is 4.68 Å². The number of aromatic nitrogens is 3. The maximum Gasteiger partial charge on any atom is 0.0522 e. The topological polar surface area (TPSA) is 48.8 Å². The maximum atomic E-state index is 5.81. The second kappa shape index (κ2) is 4.53. The van der Waals surface area contributed by atoms with E-state index in [9.17, 15) is 0 Å². The van der Waals surface area contributed by atoms with E-state index in [1.54, 1.807) is 0 Å². The number of aryl methyl sites for hydroxylation is 3. The third-order valence-corrected chi connectivity index (χ3v) is 2.72. The van der Waals surface area contributed by atoms with Gasteiger partial charge in [-0.05, 0) is 30.5 Å². The molecule has 0 radical (unpaired) electrons. The predicted molar refractivity (Wildman–Crippen MR) is 63.9 cm³/mol. The van der Waals surface area contributed by atoms with Crippen LogP contribution < -0.4 is 5.73 Å². The van der Waals surface area contributed by atoms with Gasteiger partial charge in [-0.25, -0.2) is 0 Å². The summed E-state index contributed by atoms with van der Waals surface area (Å²) in [5.41, 5.74) is 8.26. The Kier molecular flexibility index (Phi) is 3.10. The molecule has 16 heavy (non-hydrogen) atoms. The van der Waals surface area contributed by atoms with Crippen LogP contribution in [0.4, 0.5) is 0 Å². The van der Waals surface area contributed by atoms with E-state index >= 15 is 0 Å². The summed E-state index contributed by atoms with van der Waals surface area (Å²) in [4.78, 5) is 0. The van der Waals surface area contributed by atoms with E-state index in [0.29, 0.717) is 0 Å². The molecule has 2 aromatic rings. The Hall–Kier alpha value is -1.55. The van der Waals surface area contributed by atoms with Crippen molar-refractivity contribution in [3.63, 3.8) is 0 Å². The molecule has 1 atom stereocenters. The molecule has 2 aromatic heterocycles. The van der Waals surface area contributed by atoms with Crippen molar-refractivity contribution in [2.24, 2.45) is 12.8 Å². The zero-order valence-corrected chi connectivity index (χ0v) is 9.80. The minimum absolute atomic E-state index is 0.111. The fourth-order valence-corrected chi connectivity index (χ4v) is 1.73. The molecule has 0 bridgehead atoms. The summed E-state index contributed by atoms with van der Waals surface area (Å²) in [6.07, 6.45) is 9.16. The second-order valence-electron chi connectivity index (χ2n) is 4.24. The number of hydrogen-bond donors (Lipinski definition) is 1. The molecule has 0 aliphatic rings. The van der Waals surface area contributed by atoms with Gasteiger partial charge in [0.25, 0.3) is 0 Å². The average Bonchev–Trinajstić information content (AvgIpc) is 2.83.